The van der Waals surface area contributed by atoms with Crippen molar-refractivity contribution in [1.82, 2.24) is 0 Å². The molecule has 0 aromatic heterocycles. The minimum Gasteiger partial charge on any atom is -0.393 e. The molecule has 1 nitrogen and oxygen atoms in total. The smallest absolute Gasteiger partial charge is 0.126 e. The zero-order valence-corrected chi connectivity index (χ0v) is 8.05. The van der Waals surface area contributed by atoms with E-state index in [1.807, 2.05) is 13.0 Å². The van der Waals surface area contributed by atoms with Crippen molar-refractivity contribution in [3.05, 3.63) is 35.1 Å². The monoisotopic (exact) mass is 182 g/mol. The molecule has 1 aromatic carbocycles. The Labute approximate surface area is 78.2 Å². The first-order valence-electron chi connectivity index (χ1n) is 4.53. The summed E-state index contributed by atoms with van der Waals surface area (Å²) in [4.78, 5) is 0. The summed E-state index contributed by atoms with van der Waals surface area (Å²) in [6.07, 6.45) is 0.858. The normalized spacial score (nSPS) is 12.9. The van der Waals surface area contributed by atoms with E-state index in [2.05, 4.69) is 0 Å². The van der Waals surface area contributed by atoms with Crippen LogP contribution in [0.3, 0.4) is 0 Å². The Morgan fingerprint density at radius 1 is 1.46 bits per heavy atom. The van der Waals surface area contributed by atoms with Gasteiger partial charge in [-0.2, -0.15) is 0 Å². The van der Waals surface area contributed by atoms with Crippen LogP contribution in [0.25, 0.3) is 0 Å². The van der Waals surface area contributed by atoms with Crippen LogP contribution < -0.4 is 0 Å². The zero-order valence-electron chi connectivity index (χ0n) is 8.05. The first-order chi connectivity index (χ1) is 6.11. The molecule has 0 aliphatic rings. The van der Waals surface area contributed by atoms with Crippen LogP contribution in [0.1, 0.15) is 24.5 Å². The summed E-state index contributed by atoms with van der Waals surface area (Å²) in [7, 11) is 0. The van der Waals surface area contributed by atoms with Gasteiger partial charge in [-0.15, -0.1) is 0 Å². The minimum atomic E-state index is -0.362. The van der Waals surface area contributed by atoms with E-state index in [9.17, 15) is 4.39 Å². The maximum Gasteiger partial charge on any atom is 0.126 e. The maximum absolute atomic E-state index is 13.2. The molecule has 13 heavy (non-hydrogen) atoms. The number of hydrogen-bond acceptors (Lipinski definition) is 1. The fraction of sp³-hybridized carbons (Fsp3) is 0.455. The highest BCUT2D eigenvalue weighted by Crippen LogP contribution is 2.15. The van der Waals surface area contributed by atoms with Gasteiger partial charge in [-0.3, -0.25) is 0 Å². The van der Waals surface area contributed by atoms with E-state index >= 15 is 0 Å². The summed E-state index contributed by atoms with van der Waals surface area (Å²) in [5.74, 6) is -0.166. The van der Waals surface area contributed by atoms with E-state index in [0.29, 0.717) is 12.8 Å². The molecule has 1 rings (SSSR count). The molecule has 1 N–H and O–H groups in total. The lowest BCUT2D eigenvalue weighted by molar-refractivity contribution is 0.184. The van der Waals surface area contributed by atoms with Crippen molar-refractivity contribution in [3.8, 4) is 0 Å². The molecule has 0 bridgehead atoms. The Bertz CT molecular complexity index is 261. The van der Waals surface area contributed by atoms with E-state index in [0.717, 1.165) is 11.1 Å². The number of aliphatic hydroxyl groups is 1. The number of halogens is 1. The van der Waals surface area contributed by atoms with Crippen LogP contribution >= 0.6 is 0 Å². The molecule has 0 saturated heterocycles. The van der Waals surface area contributed by atoms with Crippen molar-refractivity contribution in [2.45, 2.75) is 32.8 Å². The van der Waals surface area contributed by atoms with Gasteiger partial charge in [0.05, 0.1) is 6.10 Å². The molecule has 0 aliphatic heterocycles. The number of rotatable bonds is 3. The third kappa shape index (κ3) is 2.81. The molecule has 1 aromatic rings. The molecule has 0 radical (unpaired) electrons. The largest absolute Gasteiger partial charge is 0.393 e. The molecule has 0 unspecified atom stereocenters. The highest BCUT2D eigenvalue weighted by atomic mass is 19.1. The first-order valence-corrected chi connectivity index (χ1v) is 4.53. The third-order valence-electron chi connectivity index (χ3n) is 2.17. The molecule has 0 spiro atoms. The molecule has 0 heterocycles. The fourth-order valence-corrected chi connectivity index (χ4v) is 1.34. The van der Waals surface area contributed by atoms with E-state index in [4.69, 9.17) is 5.11 Å². The highest BCUT2D eigenvalue weighted by molar-refractivity contribution is 5.27. The summed E-state index contributed by atoms with van der Waals surface area (Å²) in [5.41, 5.74) is 1.68. The summed E-state index contributed by atoms with van der Waals surface area (Å²) in [6, 6.07) is 5.06. The molecule has 0 saturated carbocycles. The predicted octanol–water partition coefficient (Wildman–Crippen LogP) is 2.45. The molecular formula is C11H15FO. The van der Waals surface area contributed by atoms with Gasteiger partial charge < -0.3 is 5.11 Å². The van der Waals surface area contributed by atoms with Crippen molar-refractivity contribution in [1.29, 1.82) is 0 Å². The van der Waals surface area contributed by atoms with Gasteiger partial charge in [-0.05, 0) is 43.9 Å². The van der Waals surface area contributed by atoms with E-state index in [1.165, 1.54) is 6.07 Å². The Balaban J connectivity index is 2.75. The van der Waals surface area contributed by atoms with Gasteiger partial charge in [0.2, 0.25) is 0 Å². The van der Waals surface area contributed by atoms with E-state index < -0.39 is 0 Å². The summed E-state index contributed by atoms with van der Waals surface area (Å²) >= 11 is 0. The maximum atomic E-state index is 13.2. The average Bonchev–Trinajstić information content (AvgIpc) is 2.03. The lowest BCUT2D eigenvalue weighted by atomic mass is 10.0. The summed E-state index contributed by atoms with van der Waals surface area (Å²) in [6.45, 7) is 3.61. The van der Waals surface area contributed by atoms with Crippen LogP contribution in [-0.4, -0.2) is 11.2 Å². The summed E-state index contributed by atoms with van der Waals surface area (Å²) in [5, 5.41) is 9.07. The molecule has 0 fully saturated rings. The quantitative estimate of drug-likeness (QED) is 0.761. The van der Waals surface area contributed by atoms with Gasteiger partial charge >= 0.3 is 0 Å². The van der Waals surface area contributed by atoms with Crippen molar-refractivity contribution < 1.29 is 9.50 Å². The van der Waals surface area contributed by atoms with Crippen molar-refractivity contribution >= 4 is 0 Å². The van der Waals surface area contributed by atoms with Crippen LogP contribution in [0.5, 0.6) is 0 Å². The first kappa shape index (κ1) is 10.2. The van der Waals surface area contributed by atoms with Crippen LogP contribution in [0.2, 0.25) is 0 Å². The second-order valence-electron chi connectivity index (χ2n) is 3.42. The van der Waals surface area contributed by atoms with Gasteiger partial charge in [0.25, 0.3) is 0 Å². The number of aliphatic hydroxyl groups excluding tert-OH is 1. The second kappa shape index (κ2) is 4.38. The highest BCUT2D eigenvalue weighted by Gasteiger charge is 2.05. The topological polar surface area (TPSA) is 20.2 Å². The van der Waals surface area contributed by atoms with Crippen LogP contribution in [0.4, 0.5) is 4.39 Å². The number of aryl methyl sites for hydroxylation is 1. The van der Waals surface area contributed by atoms with Crippen molar-refractivity contribution in [2.75, 3.05) is 0 Å². The number of benzene rings is 1. The van der Waals surface area contributed by atoms with Crippen molar-refractivity contribution in [2.24, 2.45) is 0 Å². The lowest BCUT2D eigenvalue weighted by Gasteiger charge is -2.08. The average molecular weight is 182 g/mol. The second-order valence-corrected chi connectivity index (χ2v) is 3.42. The summed E-state index contributed by atoms with van der Waals surface area (Å²) < 4.78 is 13.2. The SMILES string of the molecule is Cc1cccc(F)c1CC[C@H](C)O. The zero-order chi connectivity index (χ0) is 9.84. The molecule has 0 amide bonds. The van der Waals surface area contributed by atoms with Crippen molar-refractivity contribution in [3.63, 3.8) is 0 Å². The van der Waals surface area contributed by atoms with E-state index in [1.54, 1.807) is 13.0 Å². The standard InChI is InChI=1S/C11H15FO/c1-8-4-3-5-11(12)10(8)7-6-9(2)13/h3-5,9,13H,6-7H2,1-2H3/t9-/m0/s1. The Morgan fingerprint density at radius 3 is 2.69 bits per heavy atom. The van der Waals surface area contributed by atoms with Crippen LogP contribution in [0.15, 0.2) is 18.2 Å². The van der Waals surface area contributed by atoms with Crippen LogP contribution in [0, 0.1) is 12.7 Å². The molecular weight excluding hydrogens is 167 g/mol. The fourth-order valence-electron chi connectivity index (χ4n) is 1.34. The third-order valence-corrected chi connectivity index (χ3v) is 2.17. The molecule has 1 atom stereocenters. The van der Waals surface area contributed by atoms with Gasteiger partial charge in [0.15, 0.2) is 0 Å². The lowest BCUT2D eigenvalue weighted by Crippen LogP contribution is -2.03. The number of hydrogen-bond donors (Lipinski definition) is 1. The van der Waals surface area contributed by atoms with Gasteiger partial charge in [0, 0.05) is 0 Å². The molecule has 2 heteroatoms. The Morgan fingerprint density at radius 2 is 2.15 bits per heavy atom. The van der Waals surface area contributed by atoms with Gasteiger partial charge in [-0.25, -0.2) is 4.39 Å². The van der Waals surface area contributed by atoms with E-state index in [-0.39, 0.29) is 11.9 Å². The predicted molar refractivity (Wildman–Crippen MR) is 51.1 cm³/mol. The molecule has 0 aliphatic carbocycles. The molecule has 72 valence electrons. The van der Waals surface area contributed by atoms with Gasteiger partial charge in [0.1, 0.15) is 5.82 Å². The van der Waals surface area contributed by atoms with Gasteiger partial charge in [-0.1, -0.05) is 12.1 Å². The Hall–Kier alpha value is -0.890. The Kier molecular flexibility index (Phi) is 3.43. The minimum absolute atomic E-state index is 0.166. The van der Waals surface area contributed by atoms with Crippen LogP contribution in [-0.2, 0) is 6.42 Å².